The van der Waals surface area contributed by atoms with Gasteiger partial charge in [-0.05, 0) is 45.0 Å². The minimum absolute atomic E-state index is 0.636. The van der Waals surface area contributed by atoms with Crippen LogP contribution in [0.15, 0.2) is 18.2 Å². The Labute approximate surface area is 129 Å². The predicted octanol–water partition coefficient (Wildman–Crippen LogP) is 2.91. The van der Waals surface area contributed by atoms with Gasteiger partial charge in [0.25, 0.3) is 0 Å². The Balaban J connectivity index is 2.43. The summed E-state index contributed by atoms with van der Waals surface area (Å²) in [5.74, 6) is 1.60. The summed E-state index contributed by atoms with van der Waals surface area (Å²) in [6.45, 7) is 10.00. The van der Waals surface area contributed by atoms with Crippen LogP contribution in [-0.4, -0.2) is 44.8 Å². The van der Waals surface area contributed by atoms with Crippen LogP contribution in [0.3, 0.4) is 0 Å². The molecule has 0 amide bonds. The van der Waals surface area contributed by atoms with Gasteiger partial charge in [0.2, 0.25) is 0 Å². The molecule has 1 N–H and O–H groups in total. The Morgan fingerprint density at radius 1 is 1.24 bits per heavy atom. The number of rotatable bonds is 10. The van der Waals surface area contributed by atoms with Crippen molar-refractivity contribution in [2.24, 2.45) is 0 Å². The SMILES string of the molecule is CCOc1cc(CNCCN(C)C(C)CC)ccc1OC. The van der Waals surface area contributed by atoms with Crippen LogP contribution in [0.2, 0.25) is 0 Å². The first-order valence-corrected chi connectivity index (χ1v) is 7.83. The maximum atomic E-state index is 5.60. The van der Waals surface area contributed by atoms with Crippen LogP contribution >= 0.6 is 0 Å². The summed E-state index contributed by atoms with van der Waals surface area (Å²) in [7, 11) is 3.84. The van der Waals surface area contributed by atoms with Gasteiger partial charge < -0.3 is 19.7 Å². The van der Waals surface area contributed by atoms with Crippen molar-refractivity contribution in [1.82, 2.24) is 10.2 Å². The van der Waals surface area contributed by atoms with E-state index in [4.69, 9.17) is 9.47 Å². The summed E-state index contributed by atoms with van der Waals surface area (Å²) >= 11 is 0. The van der Waals surface area contributed by atoms with Crippen LogP contribution in [0.25, 0.3) is 0 Å². The molecule has 0 spiro atoms. The average Bonchev–Trinajstić information content (AvgIpc) is 2.51. The highest BCUT2D eigenvalue weighted by atomic mass is 16.5. The van der Waals surface area contributed by atoms with Gasteiger partial charge in [0.05, 0.1) is 13.7 Å². The van der Waals surface area contributed by atoms with Crippen molar-refractivity contribution in [3.05, 3.63) is 23.8 Å². The van der Waals surface area contributed by atoms with Gasteiger partial charge in [-0.1, -0.05) is 13.0 Å². The fourth-order valence-electron chi connectivity index (χ4n) is 2.12. The molecule has 120 valence electrons. The van der Waals surface area contributed by atoms with Crippen molar-refractivity contribution in [1.29, 1.82) is 0 Å². The first-order valence-electron chi connectivity index (χ1n) is 7.83. The fourth-order valence-corrected chi connectivity index (χ4v) is 2.12. The highest BCUT2D eigenvalue weighted by Crippen LogP contribution is 2.27. The topological polar surface area (TPSA) is 33.7 Å². The van der Waals surface area contributed by atoms with Crippen molar-refractivity contribution in [3.63, 3.8) is 0 Å². The van der Waals surface area contributed by atoms with Crippen LogP contribution in [0.1, 0.15) is 32.8 Å². The molecule has 0 saturated carbocycles. The van der Waals surface area contributed by atoms with Gasteiger partial charge in [-0.3, -0.25) is 0 Å². The third-order valence-corrected chi connectivity index (χ3v) is 3.84. The van der Waals surface area contributed by atoms with Crippen molar-refractivity contribution in [2.75, 3.05) is 33.9 Å². The molecule has 0 heterocycles. The van der Waals surface area contributed by atoms with Gasteiger partial charge >= 0.3 is 0 Å². The molecule has 4 nitrogen and oxygen atoms in total. The van der Waals surface area contributed by atoms with E-state index in [0.717, 1.165) is 31.1 Å². The van der Waals surface area contributed by atoms with E-state index in [-0.39, 0.29) is 0 Å². The lowest BCUT2D eigenvalue weighted by atomic mass is 10.2. The summed E-state index contributed by atoms with van der Waals surface area (Å²) in [5, 5.41) is 3.48. The van der Waals surface area contributed by atoms with E-state index >= 15 is 0 Å². The summed E-state index contributed by atoms with van der Waals surface area (Å²) < 4.78 is 10.9. The van der Waals surface area contributed by atoms with Gasteiger partial charge in [0.1, 0.15) is 0 Å². The molecule has 1 unspecified atom stereocenters. The molecule has 1 aromatic carbocycles. The van der Waals surface area contributed by atoms with Crippen LogP contribution in [-0.2, 0) is 6.54 Å². The third kappa shape index (κ3) is 5.94. The van der Waals surface area contributed by atoms with E-state index in [2.05, 4.69) is 37.2 Å². The Morgan fingerprint density at radius 2 is 2.00 bits per heavy atom. The maximum Gasteiger partial charge on any atom is 0.161 e. The number of hydrogen-bond donors (Lipinski definition) is 1. The molecule has 21 heavy (non-hydrogen) atoms. The smallest absolute Gasteiger partial charge is 0.161 e. The zero-order chi connectivity index (χ0) is 15.7. The molecule has 0 fully saturated rings. The monoisotopic (exact) mass is 294 g/mol. The van der Waals surface area contributed by atoms with Crippen molar-refractivity contribution < 1.29 is 9.47 Å². The second-order valence-electron chi connectivity index (χ2n) is 5.33. The first-order chi connectivity index (χ1) is 10.1. The third-order valence-electron chi connectivity index (χ3n) is 3.84. The zero-order valence-electron chi connectivity index (χ0n) is 14.1. The number of nitrogens with zero attached hydrogens (tertiary/aromatic N) is 1. The first kappa shape index (κ1) is 17.8. The van der Waals surface area contributed by atoms with Crippen molar-refractivity contribution in [2.45, 2.75) is 39.8 Å². The number of likely N-dealkylation sites (N-methyl/N-ethyl adjacent to an activating group) is 1. The van der Waals surface area contributed by atoms with Crippen LogP contribution in [0.4, 0.5) is 0 Å². The molecule has 0 bridgehead atoms. The predicted molar refractivity (Wildman–Crippen MR) is 88.3 cm³/mol. The molecule has 0 aliphatic heterocycles. The lowest BCUT2D eigenvalue weighted by Gasteiger charge is -2.23. The summed E-state index contributed by atoms with van der Waals surface area (Å²) in [6.07, 6.45) is 1.19. The van der Waals surface area contributed by atoms with Gasteiger partial charge in [0, 0.05) is 25.7 Å². The molecule has 1 atom stereocenters. The van der Waals surface area contributed by atoms with E-state index in [1.54, 1.807) is 7.11 Å². The maximum absolute atomic E-state index is 5.60. The van der Waals surface area contributed by atoms with E-state index in [9.17, 15) is 0 Å². The second kappa shape index (κ2) is 9.64. The summed E-state index contributed by atoms with van der Waals surface area (Å²) in [5.41, 5.74) is 1.21. The van der Waals surface area contributed by atoms with Gasteiger partial charge in [0.15, 0.2) is 11.5 Å². The number of nitrogens with one attached hydrogen (secondary N) is 1. The largest absolute Gasteiger partial charge is 0.493 e. The summed E-state index contributed by atoms with van der Waals surface area (Å²) in [6, 6.07) is 6.73. The quantitative estimate of drug-likeness (QED) is 0.673. The van der Waals surface area contributed by atoms with Crippen LogP contribution in [0, 0.1) is 0 Å². The highest BCUT2D eigenvalue weighted by molar-refractivity contribution is 5.42. The van der Waals surface area contributed by atoms with Crippen LogP contribution < -0.4 is 14.8 Å². The second-order valence-corrected chi connectivity index (χ2v) is 5.33. The molecular weight excluding hydrogens is 264 g/mol. The van der Waals surface area contributed by atoms with Crippen LogP contribution in [0.5, 0.6) is 11.5 Å². The highest BCUT2D eigenvalue weighted by Gasteiger charge is 2.07. The molecule has 4 heteroatoms. The minimum atomic E-state index is 0.636. The van der Waals surface area contributed by atoms with E-state index in [1.165, 1.54) is 12.0 Å². The number of methoxy groups -OCH3 is 1. The molecule has 1 aromatic rings. The zero-order valence-corrected chi connectivity index (χ0v) is 14.1. The van der Waals surface area contributed by atoms with Crippen molar-refractivity contribution in [3.8, 4) is 11.5 Å². The number of ether oxygens (including phenoxy) is 2. The fraction of sp³-hybridized carbons (Fsp3) is 0.647. The Hall–Kier alpha value is -1.26. The normalized spacial score (nSPS) is 12.5. The van der Waals surface area contributed by atoms with E-state index < -0.39 is 0 Å². The summed E-state index contributed by atoms with van der Waals surface area (Å²) in [4.78, 5) is 2.38. The van der Waals surface area contributed by atoms with E-state index in [0.29, 0.717) is 12.6 Å². The van der Waals surface area contributed by atoms with Crippen molar-refractivity contribution >= 4 is 0 Å². The lowest BCUT2D eigenvalue weighted by Crippen LogP contribution is -2.34. The Kier molecular flexibility index (Phi) is 8.16. The minimum Gasteiger partial charge on any atom is -0.493 e. The molecule has 0 radical (unpaired) electrons. The lowest BCUT2D eigenvalue weighted by molar-refractivity contribution is 0.251. The van der Waals surface area contributed by atoms with Gasteiger partial charge in [-0.25, -0.2) is 0 Å². The Morgan fingerprint density at radius 3 is 2.62 bits per heavy atom. The Bertz CT molecular complexity index is 410. The van der Waals surface area contributed by atoms with Gasteiger partial charge in [-0.2, -0.15) is 0 Å². The molecule has 1 rings (SSSR count). The standard InChI is InChI=1S/C17H30N2O2/c1-6-14(3)19(4)11-10-18-13-15-8-9-16(20-5)17(12-15)21-7-2/h8-9,12,14,18H,6-7,10-11,13H2,1-5H3. The molecule has 0 aliphatic carbocycles. The molecule has 0 saturated heterocycles. The average molecular weight is 294 g/mol. The molecule has 0 aliphatic rings. The van der Waals surface area contributed by atoms with E-state index in [1.807, 2.05) is 19.1 Å². The molecule has 0 aromatic heterocycles. The molecular formula is C17H30N2O2. The number of hydrogen-bond acceptors (Lipinski definition) is 4. The van der Waals surface area contributed by atoms with Gasteiger partial charge in [-0.15, -0.1) is 0 Å². The number of benzene rings is 1.